The van der Waals surface area contributed by atoms with Crippen LogP contribution in [0.5, 0.6) is 0 Å². The fraction of sp³-hybridized carbons (Fsp3) is 0.100. The van der Waals surface area contributed by atoms with E-state index in [1.165, 1.54) is 0 Å². The summed E-state index contributed by atoms with van der Waals surface area (Å²) in [6.07, 6.45) is 1.75. The fourth-order valence-corrected chi connectivity index (χ4v) is 1.49. The molecule has 2 heteroatoms. The van der Waals surface area contributed by atoms with Crippen molar-refractivity contribution in [2.75, 3.05) is 0 Å². The van der Waals surface area contributed by atoms with Gasteiger partial charge in [-0.2, -0.15) is 11.3 Å². The molecule has 0 saturated carbocycles. The first-order chi connectivity index (χ1) is 5.74. The smallest absolute Gasteiger partial charge is 0.0707 e. The van der Waals surface area contributed by atoms with E-state index in [1.807, 2.05) is 23.8 Å². The van der Waals surface area contributed by atoms with Crippen molar-refractivity contribution in [3.05, 3.63) is 47.3 Å². The first-order valence-electron chi connectivity index (χ1n) is 3.63. The molecular formula is C10H11NS. The molecule has 0 aromatic carbocycles. The Hall–Kier alpha value is -1.15. The van der Waals surface area contributed by atoms with Gasteiger partial charge in [0.1, 0.15) is 0 Å². The van der Waals surface area contributed by atoms with Crippen molar-refractivity contribution in [2.24, 2.45) is 4.99 Å². The second kappa shape index (κ2) is 4.02. The lowest BCUT2D eigenvalue weighted by Gasteiger charge is -1.96. The summed E-state index contributed by atoms with van der Waals surface area (Å²) in [5.41, 5.74) is 2.80. The van der Waals surface area contributed by atoms with Crippen LogP contribution in [0, 0.1) is 0 Å². The Balaban J connectivity index is 2.98. The first kappa shape index (κ1) is 8.94. The molecule has 0 unspecified atom stereocenters. The van der Waals surface area contributed by atoms with Gasteiger partial charge in [0.15, 0.2) is 0 Å². The molecule has 0 amide bonds. The highest BCUT2D eigenvalue weighted by Crippen LogP contribution is 2.09. The molecule has 1 heterocycles. The predicted octanol–water partition coefficient (Wildman–Crippen LogP) is 3.26. The SMILES string of the molecule is C=CC(=NC(=C)C)c1ccsc1. The maximum atomic E-state index is 4.25. The van der Waals surface area contributed by atoms with Crippen LogP contribution in [-0.2, 0) is 0 Å². The predicted molar refractivity (Wildman–Crippen MR) is 55.9 cm³/mol. The minimum Gasteiger partial charge on any atom is -0.254 e. The Morgan fingerprint density at radius 2 is 2.42 bits per heavy atom. The van der Waals surface area contributed by atoms with Crippen molar-refractivity contribution < 1.29 is 0 Å². The van der Waals surface area contributed by atoms with Gasteiger partial charge in [0, 0.05) is 16.6 Å². The van der Waals surface area contributed by atoms with Crippen molar-refractivity contribution >= 4 is 17.0 Å². The summed E-state index contributed by atoms with van der Waals surface area (Å²) < 4.78 is 0. The van der Waals surface area contributed by atoms with E-state index in [0.717, 1.165) is 17.0 Å². The van der Waals surface area contributed by atoms with E-state index in [0.29, 0.717) is 0 Å². The highest BCUT2D eigenvalue weighted by atomic mass is 32.1. The molecule has 0 spiro atoms. The van der Waals surface area contributed by atoms with Gasteiger partial charge in [-0.1, -0.05) is 13.2 Å². The summed E-state index contributed by atoms with van der Waals surface area (Å²) in [5, 5.41) is 4.07. The molecule has 1 rings (SSSR count). The normalized spacial score (nSPS) is 11.2. The fourth-order valence-electron chi connectivity index (χ4n) is 0.844. The monoisotopic (exact) mass is 177 g/mol. The van der Waals surface area contributed by atoms with Gasteiger partial charge in [-0.15, -0.1) is 0 Å². The van der Waals surface area contributed by atoms with Crippen LogP contribution in [0.3, 0.4) is 0 Å². The summed E-state index contributed by atoms with van der Waals surface area (Å²) in [5.74, 6) is 0. The minimum atomic E-state index is 0.802. The maximum Gasteiger partial charge on any atom is 0.0707 e. The molecule has 0 bridgehead atoms. The number of hydrogen-bond donors (Lipinski definition) is 0. The van der Waals surface area contributed by atoms with Gasteiger partial charge in [0.25, 0.3) is 0 Å². The van der Waals surface area contributed by atoms with Crippen LogP contribution < -0.4 is 0 Å². The molecule has 1 nitrogen and oxygen atoms in total. The maximum absolute atomic E-state index is 4.25. The lowest BCUT2D eigenvalue weighted by atomic mass is 10.2. The third kappa shape index (κ3) is 2.17. The van der Waals surface area contributed by atoms with Crippen molar-refractivity contribution in [3.8, 4) is 0 Å². The summed E-state index contributed by atoms with van der Waals surface area (Å²) in [6, 6.07) is 2.02. The van der Waals surface area contributed by atoms with Gasteiger partial charge < -0.3 is 0 Å². The Bertz CT molecular complexity index is 307. The quantitative estimate of drug-likeness (QED) is 0.628. The van der Waals surface area contributed by atoms with Gasteiger partial charge in [-0.3, -0.25) is 4.99 Å². The summed E-state index contributed by atoms with van der Waals surface area (Å²) >= 11 is 1.65. The number of hydrogen-bond acceptors (Lipinski definition) is 2. The molecule has 0 saturated heterocycles. The molecule has 0 aliphatic carbocycles. The van der Waals surface area contributed by atoms with E-state index in [1.54, 1.807) is 17.4 Å². The molecule has 62 valence electrons. The Labute approximate surface area is 76.8 Å². The van der Waals surface area contributed by atoms with Crippen LogP contribution in [0.25, 0.3) is 0 Å². The van der Waals surface area contributed by atoms with Crippen LogP contribution in [-0.4, -0.2) is 5.71 Å². The Morgan fingerprint density at radius 1 is 1.67 bits per heavy atom. The van der Waals surface area contributed by atoms with Gasteiger partial charge in [-0.25, -0.2) is 0 Å². The highest BCUT2D eigenvalue weighted by molar-refractivity contribution is 7.08. The zero-order valence-corrected chi connectivity index (χ0v) is 7.90. The second-order valence-electron chi connectivity index (χ2n) is 2.45. The molecular weight excluding hydrogens is 166 g/mol. The van der Waals surface area contributed by atoms with Crippen molar-refractivity contribution in [1.29, 1.82) is 0 Å². The minimum absolute atomic E-state index is 0.802. The molecule has 0 atom stereocenters. The third-order valence-corrected chi connectivity index (χ3v) is 2.00. The molecule has 1 aromatic heterocycles. The number of thiophene rings is 1. The van der Waals surface area contributed by atoms with Crippen LogP contribution in [0.4, 0.5) is 0 Å². The topological polar surface area (TPSA) is 12.4 Å². The number of nitrogens with zero attached hydrogens (tertiary/aromatic N) is 1. The summed E-state index contributed by atoms with van der Waals surface area (Å²) in [6.45, 7) is 9.29. The average Bonchev–Trinajstić information content (AvgIpc) is 2.51. The van der Waals surface area contributed by atoms with E-state index in [4.69, 9.17) is 0 Å². The van der Waals surface area contributed by atoms with E-state index < -0.39 is 0 Å². The zero-order chi connectivity index (χ0) is 8.97. The van der Waals surface area contributed by atoms with Crippen molar-refractivity contribution in [2.45, 2.75) is 6.92 Å². The number of allylic oxidation sites excluding steroid dienone is 2. The van der Waals surface area contributed by atoms with Crippen LogP contribution in [0.2, 0.25) is 0 Å². The average molecular weight is 177 g/mol. The van der Waals surface area contributed by atoms with Gasteiger partial charge in [0.2, 0.25) is 0 Å². The molecule has 1 aromatic rings. The largest absolute Gasteiger partial charge is 0.254 e. The van der Waals surface area contributed by atoms with E-state index in [9.17, 15) is 0 Å². The second-order valence-corrected chi connectivity index (χ2v) is 3.23. The highest BCUT2D eigenvalue weighted by Gasteiger charge is 1.97. The third-order valence-electron chi connectivity index (χ3n) is 1.32. The Morgan fingerprint density at radius 3 is 2.83 bits per heavy atom. The first-order valence-corrected chi connectivity index (χ1v) is 4.57. The van der Waals surface area contributed by atoms with Gasteiger partial charge >= 0.3 is 0 Å². The molecule has 0 aliphatic heterocycles. The van der Waals surface area contributed by atoms with Crippen LogP contribution in [0.1, 0.15) is 12.5 Å². The van der Waals surface area contributed by atoms with E-state index >= 15 is 0 Å². The number of aliphatic imine (C=N–C) groups is 1. The molecule has 0 aliphatic rings. The van der Waals surface area contributed by atoms with Crippen molar-refractivity contribution in [3.63, 3.8) is 0 Å². The lowest BCUT2D eigenvalue weighted by molar-refractivity contribution is 1.33. The van der Waals surface area contributed by atoms with Gasteiger partial charge in [-0.05, 0) is 24.4 Å². The van der Waals surface area contributed by atoms with Crippen LogP contribution >= 0.6 is 11.3 Å². The molecule has 12 heavy (non-hydrogen) atoms. The van der Waals surface area contributed by atoms with E-state index in [-0.39, 0.29) is 0 Å². The Kier molecular flexibility index (Phi) is 3.00. The zero-order valence-electron chi connectivity index (χ0n) is 7.08. The van der Waals surface area contributed by atoms with Crippen molar-refractivity contribution in [1.82, 2.24) is 0 Å². The summed E-state index contributed by atoms with van der Waals surface area (Å²) in [4.78, 5) is 4.25. The lowest BCUT2D eigenvalue weighted by Crippen LogP contribution is -1.93. The standard InChI is InChI=1S/C10H11NS/c1-4-10(11-8(2)3)9-5-6-12-7-9/h4-7H,1-2H2,3H3. The molecule has 0 radical (unpaired) electrons. The van der Waals surface area contributed by atoms with Gasteiger partial charge in [0.05, 0.1) is 5.71 Å². The number of rotatable bonds is 3. The summed E-state index contributed by atoms with van der Waals surface area (Å²) in [7, 11) is 0. The van der Waals surface area contributed by atoms with E-state index in [2.05, 4.69) is 18.2 Å². The molecule has 0 N–H and O–H groups in total. The van der Waals surface area contributed by atoms with Crippen LogP contribution in [0.15, 0.2) is 46.7 Å². The molecule has 0 fully saturated rings.